The molecule has 0 bridgehead atoms. The summed E-state index contributed by atoms with van der Waals surface area (Å²) in [6.45, 7) is 3.84. The second-order valence-electron chi connectivity index (χ2n) is 6.25. The molecule has 0 saturated carbocycles. The lowest BCUT2D eigenvalue weighted by molar-refractivity contribution is -0.118. The van der Waals surface area contributed by atoms with Crippen LogP contribution in [0.25, 0.3) is 0 Å². The molecule has 0 fully saturated rings. The lowest BCUT2D eigenvalue weighted by Gasteiger charge is -2.20. The van der Waals surface area contributed by atoms with Crippen molar-refractivity contribution in [1.29, 1.82) is 0 Å². The molecule has 0 aromatic heterocycles. The Bertz CT molecular complexity index is 812. The lowest BCUT2D eigenvalue weighted by Crippen LogP contribution is -2.44. The maximum Gasteiger partial charge on any atom is 0.253 e. The number of hydrogen-bond donors (Lipinski definition) is 2. The van der Waals surface area contributed by atoms with E-state index in [0.29, 0.717) is 11.4 Å². The third-order valence-corrected chi connectivity index (χ3v) is 4.18. The first-order valence-electron chi connectivity index (χ1n) is 8.09. The smallest absolute Gasteiger partial charge is 0.253 e. The van der Waals surface area contributed by atoms with Crippen LogP contribution in [0.5, 0.6) is 0 Å². The molecular weight excluding hydrogens is 378 g/mol. The number of amides is 2. The van der Waals surface area contributed by atoms with Crippen molar-refractivity contribution in [2.45, 2.75) is 26.3 Å². The van der Waals surface area contributed by atoms with Gasteiger partial charge in [0.25, 0.3) is 5.91 Å². The summed E-state index contributed by atoms with van der Waals surface area (Å²) in [7, 11) is 0. The first-order chi connectivity index (χ1) is 12.3. The molecule has 1 atom stereocenters. The number of nitrogens with one attached hydrogen (secondary N) is 2. The minimum atomic E-state index is -0.839. The average Bonchev–Trinajstić information content (AvgIpc) is 2.55. The van der Waals surface area contributed by atoms with E-state index in [0.717, 1.165) is 0 Å². The second kappa shape index (κ2) is 9.01. The van der Waals surface area contributed by atoms with Gasteiger partial charge < -0.3 is 10.6 Å². The number of carbonyl (C=O) groups excluding carboxylic acids is 2. The number of halogens is 3. The van der Waals surface area contributed by atoms with Crippen molar-refractivity contribution in [3.8, 4) is 0 Å². The summed E-state index contributed by atoms with van der Waals surface area (Å²) in [6, 6.07) is 9.49. The Labute approximate surface area is 161 Å². The summed E-state index contributed by atoms with van der Waals surface area (Å²) in [5.41, 5.74) is 0.272. The molecule has 2 amide bonds. The predicted molar refractivity (Wildman–Crippen MR) is 102 cm³/mol. The average molecular weight is 397 g/mol. The number of rotatable bonds is 6. The molecule has 0 aliphatic heterocycles. The van der Waals surface area contributed by atoms with E-state index < -0.39 is 23.7 Å². The molecule has 0 unspecified atom stereocenters. The van der Waals surface area contributed by atoms with Crippen LogP contribution in [-0.2, 0) is 4.79 Å². The highest BCUT2D eigenvalue weighted by Crippen LogP contribution is 2.21. The molecule has 26 heavy (non-hydrogen) atoms. The highest BCUT2D eigenvalue weighted by molar-refractivity contribution is 6.36. The minimum absolute atomic E-state index is 0.0602. The number of hydrogen-bond acceptors (Lipinski definition) is 2. The van der Waals surface area contributed by atoms with Crippen molar-refractivity contribution in [2.75, 3.05) is 5.32 Å². The van der Waals surface area contributed by atoms with Crippen LogP contribution in [-0.4, -0.2) is 17.9 Å². The van der Waals surface area contributed by atoms with Crippen molar-refractivity contribution >= 4 is 40.7 Å². The van der Waals surface area contributed by atoms with Crippen molar-refractivity contribution < 1.29 is 14.0 Å². The lowest BCUT2D eigenvalue weighted by atomic mass is 10.0. The van der Waals surface area contributed by atoms with Crippen LogP contribution in [0, 0.1) is 11.7 Å². The zero-order valence-electron chi connectivity index (χ0n) is 14.4. The summed E-state index contributed by atoms with van der Waals surface area (Å²) in [5.74, 6) is -1.41. The topological polar surface area (TPSA) is 58.2 Å². The fourth-order valence-electron chi connectivity index (χ4n) is 2.39. The number of para-hydroxylation sites is 1. The Morgan fingerprint density at radius 1 is 1.12 bits per heavy atom. The molecule has 138 valence electrons. The van der Waals surface area contributed by atoms with E-state index in [-0.39, 0.29) is 22.2 Å². The summed E-state index contributed by atoms with van der Waals surface area (Å²) in [6.07, 6.45) is 0.386. The highest BCUT2D eigenvalue weighted by atomic mass is 35.5. The van der Waals surface area contributed by atoms with E-state index in [1.54, 1.807) is 12.1 Å². The van der Waals surface area contributed by atoms with Gasteiger partial charge in [-0.05, 0) is 42.7 Å². The minimum Gasteiger partial charge on any atom is -0.340 e. The molecule has 0 aliphatic rings. The fourth-order valence-corrected chi connectivity index (χ4v) is 2.89. The van der Waals surface area contributed by atoms with Gasteiger partial charge in [0.2, 0.25) is 5.91 Å². The van der Waals surface area contributed by atoms with Crippen LogP contribution in [0.4, 0.5) is 10.1 Å². The number of anilines is 1. The van der Waals surface area contributed by atoms with Gasteiger partial charge in [0.05, 0.1) is 16.3 Å². The molecule has 0 spiro atoms. The number of benzene rings is 2. The largest absolute Gasteiger partial charge is 0.340 e. The molecule has 4 nitrogen and oxygen atoms in total. The third kappa shape index (κ3) is 5.44. The van der Waals surface area contributed by atoms with Crippen molar-refractivity contribution in [2.24, 2.45) is 5.92 Å². The number of carbonyl (C=O) groups is 2. The van der Waals surface area contributed by atoms with Crippen molar-refractivity contribution in [1.82, 2.24) is 5.32 Å². The maximum absolute atomic E-state index is 13.8. The van der Waals surface area contributed by atoms with E-state index in [1.807, 2.05) is 13.8 Å². The SMILES string of the molecule is CC(C)C[C@@H](NC(=O)c1ccc(Cl)cc1Cl)C(=O)Nc1ccccc1F. The Morgan fingerprint density at radius 2 is 1.81 bits per heavy atom. The van der Waals surface area contributed by atoms with Crippen molar-refractivity contribution in [3.63, 3.8) is 0 Å². The van der Waals surface area contributed by atoms with E-state index in [9.17, 15) is 14.0 Å². The Balaban J connectivity index is 2.17. The van der Waals surface area contributed by atoms with Crippen LogP contribution in [0.2, 0.25) is 10.0 Å². The normalized spacial score (nSPS) is 11.9. The van der Waals surface area contributed by atoms with Crippen molar-refractivity contribution in [3.05, 3.63) is 63.9 Å². The molecule has 2 aromatic carbocycles. The van der Waals surface area contributed by atoms with Gasteiger partial charge in [-0.25, -0.2) is 4.39 Å². The zero-order chi connectivity index (χ0) is 19.3. The molecule has 0 aliphatic carbocycles. The maximum atomic E-state index is 13.8. The summed E-state index contributed by atoms with van der Waals surface area (Å²) in [4.78, 5) is 25.1. The van der Waals surface area contributed by atoms with E-state index in [1.165, 1.54) is 30.3 Å². The summed E-state index contributed by atoms with van der Waals surface area (Å²) in [5, 5.41) is 5.77. The molecular formula is C19H19Cl2FN2O2. The second-order valence-corrected chi connectivity index (χ2v) is 7.09. The van der Waals surface area contributed by atoms with Gasteiger partial charge in [-0.3, -0.25) is 9.59 Å². The zero-order valence-corrected chi connectivity index (χ0v) is 15.9. The van der Waals surface area contributed by atoms with Crippen LogP contribution in [0.1, 0.15) is 30.6 Å². The molecule has 2 aromatic rings. The Hall–Kier alpha value is -2.11. The molecule has 2 rings (SSSR count). The van der Waals surface area contributed by atoms with Gasteiger partial charge in [-0.15, -0.1) is 0 Å². The molecule has 0 radical (unpaired) electrons. The van der Waals surface area contributed by atoms with Gasteiger partial charge in [-0.2, -0.15) is 0 Å². The molecule has 0 heterocycles. The predicted octanol–water partition coefficient (Wildman–Crippen LogP) is 4.92. The highest BCUT2D eigenvalue weighted by Gasteiger charge is 2.24. The monoisotopic (exact) mass is 396 g/mol. The van der Waals surface area contributed by atoms with Gasteiger partial charge in [0, 0.05) is 5.02 Å². The third-order valence-electron chi connectivity index (χ3n) is 3.64. The summed E-state index contributed by atoms with van der Waals surface area (Å²) < 4.78 is 13.8. The van der Waals surface area contributed by atoms with E-state index in [2.05, 4.69) is 10.6 Å². The van der Waals surface area contributed by atoms with Gasteiger partial charge in [0.1, 0.15) is 11.9 Å². The van der Waals surface area contributed by atoms with Gasteiger partial charge in [0.15, 0.2) is 0 Å². The van der Waals surface area contributed by atoms with Gasteiger partial charge >= 0.3 is 0 Å². The first-order valence-corrected chi connectivity index (χ1v) is 8.85. The Morgan fingerprint density at radius 3 is 2.42 bits per heavy atom. The molecule has 2 N–H and O–H groups in total. The van der Waals surface area contributed by atoms with E-state index >= 15 is 0 Å². The van der Waals surface area contributed by atoms with Crippen LogP contribution in [0.3, 0.4) is 0 Å². The standard InChI is InChI=1S/C19H19Cl2FN2O2/c1-11(2)9-17(19(26)23-16-6-4-3-5-15(16)22)24-18(25)13-8-7-12(20)10-14(13)21/h3-8,10-11,17H,9H2,1-2H3,(H,23,26)(H,24,25)/t17-/m1/s1. The van der Waals surface area contributed by atoms with Crippen LogP contribution < -0.4 is 10.6 Å². The molecule has 7 heteroatoms. The first kappa shape index (κ1) is 20.2. The van der Waals surface area contributed by atoms with E-state index in [4.69, 9.17) is 23.2 Å². The Kier molecular flexibility index (Phi) is 7.00. The molecule has 0 saturated heterocycles. The van der Waals surface area contributed by atoms with Gasteiger partial charge in [-0.1, -0.05) is 49.2 Å². The summed E-state index contributed by atoms with van der Waals surface area (Å²) >= 11 is 11.9. The quantitative estimate of drug-likeness (QED) is 0.727. The van der Waals surface area contributed by atoms with Crippen LogP contribution >= 0.6 is 23.2 Å². The fraction of sp³-hybridized carbons (Fsp3) is 0.263. The van der Waals surface area contributed by atoms with Crippen LogP contribution in [0.15, 0.2) is 42.5 Å².